The minimum absolute atomic E-state index is 0.0190. The maximum absolute atomic E-state index is 13.3. The molecular weight excluding hydrogens is 512 g/mol. The van der Waals surface area contributed by atoms with Crippen LogP contribution in [0.1, 0.15) is 41.8 Å². The Kier molecular flexibility index (Phi) is 8.31. The molecule has 1 aliphatic carbocycles. The number of pyridine rings is 1. The third-order valence-electron chi connectivity index (χ3n) is 6.64. The van der Waals surface area contributed by atoms with Crippen molar-refractivity contribution in [3.8, 4) is 0 Å². The molecule has 2 aromatic heterocycles. The van der Waals surface area contributed by atoms with E-state index in [0.717, 1.165) is 0 Å². The van der Waals surface area contributed by atoms with Crippen LogP contribution in [0.3, 0.4) is 0 Å². The van der Waals surface area contributed by atoms with Crippen molar-refractivity contribution in [1.82, 2.24) is 9.88 Å². The number of benzene rings is 1. The molecule has 11 heteroatoms. The highest BCUT2D eigenvalue weighted by Gasteiger charge is 2.32. The number of anilines is 2. The first-order chi connectivity index (χ1) is 18.2. The van der Waals surface area contributed by atoms with Gasteiger partial charge in [0.15, 0.2) is 0 Å². The zero-order chi connectivity index (χ0) is 27.4. The molecule has 200 valence electrons. The number of hydrogen-bond donors (Lipinski definition) is 2. The van der Waals surface area contributed by atoms with E-state index >= 15 is 0 Å². The number of rotatable bonds is 7. The van der Waals surface area contributed by atoms with Crippen molar-refractivity contribution in [2.75, 3.05) is 31.8 Å². The highest BCUT2D eigenvalue weighted by atomic mass is 35.5. The van der Waals surface area contributed by atoms with Crippen molar-refractivity contribution >= 4 is 57.8 Å². The number of nitrogens with zero attached hydrogens (tertiary/aromatic N) is 2. The number of nitrogens with one attached hydrogen (secondary N) is 2. The van der Waals surface area contributed by atoms with Crippen LogP contribution >= 0.6 is 11.6 Å². The molecular formula is C27H29ClN4O6. The molecule has 1 aliphatic rings. The molecule has 3 amide bonds. The second-order valence-electron chi connectivity index (χ2n) is 9.48. The number of carbonyl (C=O) groups excluding carboxylic acids is 4. The van der Waals surface area contributed by atoms with E-state index in [9.17, 15) is 19.2 Å². The van der Waals surface area contributed by atoms with E-state index < -0.39 is 11.9 Å². The highest BCUT2D eigenvalue weighted by Crippen LogP contribution is 2.35. The lowest BCUT2D eigenvalue weighted by atomic mass is 9.81. The molecule has 0 atom stereocenters. The van der Waals surface area contributed by atoms with E-state index in [4.69, 9.17) is 20.8 Å². The standard InChI is InChI=1S/C27H29ClN4O6/c1-32(2)27(36)17-7-5-16(6-8-17)25(34)31-23-19-12-15(13-22(33)37-3)4-10-20(19)38-24(23)26(35)30-21-11-9-18(28)14-29-21/h4,9-12,14,16-17H,5-8,13H2,1-3H3,(H,31,34)(H,29,30,35). The Morgan fingerprint density at radius 3 is 2.39 bits per heavy atom. The summed E-state index contributed by atoms with van der Waals surface area (Å²) >= 11 is 5.88. The summed E-state index contributed by atoms with van der Waals surface area (Å²) in [6.45, 7) is 0. The van der Waals surface area contributed by atoms with E-state index in [1.807, 2.05) is 0 Å². The Bertz CT molecular complexity index is 1360. The maximum Gasteiger partial charge on any atom is 0.309 e. The van der Waals surface area contributed by atoms with Gasteiger partial charge in [-0.25, -0.2) is 4.98 Å². The Morgan fingerprint density at radius 1 is 1.05 bits per heavy atom. The Hall–Kier alpha value is -3.92. The van der Waals surface area contributed by atoms with E-state index in [1.54, 1.807) is 49.3 Å². The summed E-state index contributed by atoms with van der Waals surface area (Å²) in [5.74, 6) is -1.49. The largest absolute Gasteiger partial charge is 0.469 e. The number of carbonyl (C=O) groups is 4. The smallest absolute Gasteiger partial charge is 0.309 e. The summed E-state index contributed by atoms with van der Waals surface area (Å²) in [6, 6.07) is 8.15. The molecule has 1 saturated carbocycles. The first kappa shape index (κ1) is 27.1. The third-order valence-corrected chi connectivity index (χ3v) is 6.86. The van der Waals surface area contributed by atoms with Crippen molar-refractivity contribution in [3.05, 3.63) is 52.9 Å². The van der Waals surface area contributed by atoms with Gasteiger partial charge in [0.25, 0.3) is 5.91 Å². The summed E-state index contributed by atoms with van der Waals surface area (Å²) in [5.41, 5.74) is 1.20. The van der Waals surface area contributed by atoms with E-state index in [-0.39, 0.29) is 47.3 Å². The lowest BCUT2D eigenvalue weighted by Gasteiger charge is -2.28. The molecule has 10 nitrogen and oxygen atoms in total. The zero-order valence-corrected chi connectivity index (χ0v) is 22.1. The van der Waals surface area contributed by atoms with E-state index in [1.165, 1.54) is 13.3 Å². The first-order valence-corrected chi connectivity index (χ1v) is 12.6. The number of amides is 3. The summed E-state index contributed by atoms with van der Waals surface area (Å²) in [6.07, 6.45) is 3.74. The molecule has 3 aromatic rings. The summed E-state index contributed by atoms with van der Waals surface area (Å²) in [7, 11) is 4.76. The van der Waals surface area contributed by atoms with Crippen LogP contribution in [-0.4, -0.2) is 54.8 Å². The molecule has 0 aliphatic heterocycles. The van der Waals surface area contributed by atoms with Crippen LogP contribution in [0.2, 0.25) is 5.02 Å². The van der Waals surface area contributed by atoms with Gasteiger partial charge < -0.3 is 24.7 Å². The summed E-state index contributed by atoms with van der Waals surface area (Å²) in [4.78, 5) is 56.3. The van der Waals surface area contributed by atoms with Gasteiger partial charge >= 0.3 is 5.97 Å². The second kappa shape index (κ2) is 11.6. The second-order valence-corrected chi connectivity index (χ2v) is 9.91. The quantitative estimate of drug-likeness (QED) is 0.427. The lowest BCUT2D eigenvalue weighted by molar-refractivity contribution is -0.139. The van der Waals surface area contributed by atoms with Crippen molar-refractivity contribution in [3.63, 3.8) is 0 Å². The van der Waals surface area contributed by atoms with Crippen LogP contribution < -0.4 is 10.6 Å². The van der Waals surface area contributed by atoms with Crippen LogP contribution in [-0.2, 0) is 25.5 Å². The normalized spacial score (nSPS) is 17.1. The fourth-order valence-corrected chi connectivity index (χ4v) is 4.71. The third kappa shape index (κ3) is 6.13. The molecule has 38 heavy (non-hydrogen) atoms. The molecule has 1 fully saturated rings. The number of halogens is 1. The van der Waals surface area contributed by atoms with E-state index in [0.29, 0.717) is 47.2 Å². The minimum atomic E-state index is -0.610. The van der Waals surface area contributed by atoms with Crippen LogP contribution in [0.4, 0.5) is 11.5 Å². The van der Waals surface area contributed by atoms with Gasteiger partial charge in [0.1, 0.15) is 17.1 Å². The number of esters is 1. The predicted molar refractivity (Wildman–Crippen MR) is 142 cm³/mol. The average Bonchev–Trinajstić information content (AvgIpc) is 3.27. The van der Waals surface area contributed by atoms with Gasteiger partial charge in [0.05, 0.1) is 18.6 Å². The van der Waals surface area contributed by atoms with Gasteiger partial charge in [0.2, 0.25) is 17.6 Å². The number of ether oxygens (including phenoxy) is 1. The Labute approximate surface area is 224 Å². The molecule has 2 N–H and O–H groups in total. The van der Waals surface area contributed by atoms with Gasteiger partial charge in [-0.05, 0) is 55.5 Å². The molecule has 4 rings (SSSR count). The highest BCUT2D eigenvalue weighted by molar-refractivity contribution is 6.30. The topological polar surface area (TPSA) is 131 Å². The van der Waals surface area contributed by atoms with Gasteiger partial charge in [-0.3, -0.25) is 19.2 Å². The van der Waals surface area contributed by atoms with Gasteiger partial charge in [0, 0.05) is 37.5 Å². The average molecular weight is 541 g/mol. The molecule has 0 spiro atoms. The van der Waals surface area contributed by atoms with Crippen LogP contribution in [0.15, 0.2) is 40.9 Å². The monoisotopic (exact) mass is 540 g/mol. The Balaban J connectivity index is 1.61. The van der Waals surface area contributed by atoms with E-state index in [2.05, 4.69) is 15.6 Å². The number of fused-ring (bicyclic) bond motifs is 1. The minimum Gasteiger partial charge on any atom is -0.469 e. The van der Waals surface area contributed by atoms with Crippen LogP contribution in [0.25, 0.3) is 11.0 Å². The van der Waals surface area contributed by atoms with Crippen molar-refractivity contribution in [2.24, 2.45) is 11.8 Å². The molecule has 1 aromatic carbocycles. The Morgan fingerprint density at radius 2 is 1.76 bits per heavy atom. The van der Waals surface area contributed by atoms with Gasteiger partial charge in [-0.2, -0.15) is 0 Å². The maximum atomic E-state index is 13.3. The predicted octanol–water partition coefficient (Wildman–Crippen LogP) is 4.28. The van der Waals surface area contributed by atoms with Crippen molar-refractivity contribution in [2.45, 2.75) is 32.1 Å². The number of aromatic nitrogens is 1. The molecule has 2 heterocycles. The van der Waals surface area contributed by atoms with Gasteiger partial charge in [-0.1, -0.05) is 17.7 Å². The number of methoxy groups -OCH3 is 1. The molecule has 0 unspecified atom stereocenters. The SMILES string of the molecule is COC(=O)Cc1ccc2oc(C(=O)Nc3ccc(Cl)cn3)c(NC(=O)C3CCC(C(=O)N(C)C)CC3)c2c1. The molecule has 0 saturated heterocycles. The summed E-state index contributed by atoms with van der Waals surface area (Å²) in [5, 5.41) is 6.44. The zero-order valence-electron chi connectivity index (χ0n) is 21.4. The lowest BCUT2D eigenvalue weighted by Crippen LogP contribution is -2.35. The van der Waals surface area contributed by atoms with Crippen LogP contribution in [0.5, 0.6) is 0 Å². The molecule has 0 radical (unpaired) electrons. The van der Waals surface area contributed by atoms with Crippen molar-refractivity contribution < 1.29 is 28.3 Å². The summed E-state index contributed by atoms with van der Waals surface area (Å²) < 4.78 is 10.6. The molecule has 0 bridgehead atoms. The van der Waals surface area contributed by atoms with Gasteiger partial charge in [-0.15, -0.1) is 0 Å². The van der Waals surface area contributed by atoms with Crippen molar-refractivity contribution in [1.29, 1.82) is 0 Å². The fraction of sp³-hybridized carbons (Fsp3) is 0.370. The fourth-order valence-electron chi connectivity index (χ4n) is 4.59. The van der Waals surface area contributed by atoms with Crippen LogP contribution in [0, 0.1) is 11.8 Å². The first-order valence-electron chi connectivity index (χ1n) is 12.2. The number of hydrogen-bond acceptors (Lipinski definition) is 7. The number of furan rings is 1.